The third kappa shape index (κ3) is 1.96. The average molecular weight is 297 g/mol. The van der Waals surface area contributed by atoms with E-state index in [0.717, 1.165) is 24.0 Å². The third-order valence-corrected chi connectivity index (χ3v) is 4.71. The Morgan fingerprint density at radius 1 is 1.09 bits per heavy atom. The van der Waals surface area contributed by atoms with Gasteiger partial charge in [0.2, 0.25) is 0 Å². The molecule has 1 aromatic heterocycles. The van der Waals surface area contributed by atoms with Gasteiger partial charge in [0.15, 0.2) is 0 Å². The van der Waals surface area contributed by atoms with Crippen molar-refractivity contribution in [3.05, 3.63) is 48.4 Å². The standard InChI is InChI=1S/C17H16FN3O/c1-20-16(22)21(11-17(20)8-9-17)15-7-4-13(10-19-15)12-2-5-14(18)6-3-12/h2-7,10H,8-9,11H2,1H3. The molecule has 0 atom stereocenters. The molecule has 0 unspecified atom stereocenters. The summed E-state index contributed by atoms with van der Waals surface area (Å²) in [5.74, 6) is 0.417. The van der Waals surface area contributed by atoms with Crippen molar-refractivity contribution in [3.8, 4) is 11.1 Å². The van der Waals surface area contributed by atoms with Crippen molar-refractivity contribution >= 4 is 11.8 Å². The van der Waals surface area contributed by atoms with Crippen LogP contribution in [0.1, 0.15) is 12.8 Å². The summed E-state index contributed by atoms with van der Waals surface area (Å²) >= 11 is 0. The van der Waals surface area contributed by atoms with E-state index in [9.17, 15) is 9.18 Å². The van der Waals surface area contributed by atoms with Gasteiger partial charge in [0, 0.05) is 18.8 Å². The molecular formula is C17H16FN3O. The molecule has 1 aromatic carbocycles. The molecule has 1 spiro atoms. The van der Waals surface area contributed by atoms with Gasteiger partial charge in [-0.3, -0.25) is 4.90 Å². The summed E-state index contributed by atoms with van der Waals surface area (Å²) in [6, 6.07) is 10.1. The summed E-state index contributed by atoms with van der Waals surface area (Å²) in [5.41, 5.74) is 1.85. The number of hydrogen-bond acceptors (Lipinski definition) is 2. The zero-order valence-electron chi connectivity index (χ0n) is 12.3. The average Bonchev–Trinajstić information content (AvgIpc) is 3.28. The van der Waals surface area contributed by atoms with E-state index in [4.69, 9.17) is 0 Å². The molecule has 2 aliphatic rings. The predicted octanol–water partition coefficient (Wildman–Crippen LogP) is 3.29. The molecule has 2 heterocycles. The first-order chi connectivity index (χ1) is 10.6. The summed E-state index contributed by atoms with van der Waals surface area (Å²) < 4.78 is 13.0. The van der Waals surface area contributed by atoms with Crippen LogP contribution in [-0.4, -0.2) is 35.0 Å². The van der Waals surface area contributed by atoms with Gasteiger partial charge in [-0.1, -0.05) is 12.1 Å². The van der Waals surface area contributed by atoms with E-state index in [-0.39, 0.29) is 17.4 Å². The normalized spacial score (nSPS) is 19.1. The number of rotatable bonds is 2. The Balaban J connectivity index is 1.60. The number of nitrogens with zero attached hydrogens (tertiary/aromatic N) is 3. The minimum absolute atomic E-state index is 0.0135. The van der Waals surface area contributed by atoms with E-state index < -0.39 is 0 Å². The summed E-state index contributed by atoms with van der Waals surface area (Å²) in [7, 11) is 1.86. The lowest BCUT2D eigenvalue weighted by Crippen LogP contribution is -2.32. The molecule has 4 nitrogen and oxygen atoms in total. The number of amides is 2. The smallest absolute Gasteiger partial charge is 0.320 e. The minimum atomic E-state index is -0.256. The lowest BCUT2D eigenvalue weighted by atomic mass is 10.1. The number of aromatic nitrogens is 1. The van der Waals surface area contributed by atoms with E-state index in [1.54, 1.807) is 23.2 Å². The largest absolute Gasteiger partial charge is 0.326 e. The van der Waals surface area contributed by atoms with Crippen molar-refractivity contribution < 1.29 is 9.18 Å². The summed E-state index contributed by atoms with van der Waals surface area (Å²) in [4.78, 5) is 20.3. The van der Waals surface area contributed by atoms with Gasteiger partial charge in [0.25, 0.3) is 0 Å². The fourth-order valence-electron chi connectivity index (χ4n) is 3.03. The van der Waals surface area contributed by atoms with Crippen LogP contribution in [0.5, 0.6) is 0 Å². The SMILES string of the molecule is CN1C(=O)N(c2ccc(-c3ccc(F)cc3)cn2)CC12CC2. The fourth-order valence-corrected chi connectivity index (χ4v) is 3.03. The lowest BCUT2D eigenvalue weighted by Gasteiger charge is -2.15. The van der Waals surface area contributed by atoms with Gasteiger partial charge in [0.05, 0.1) is 12.1 Å². The molecule has 2 aromatic rings. The molecule has 0 bridgehead atoms. The van der Waals surface area contributed by atoms with Crippen LogP contribution < -0.4 is 4.90 Å². The van der Waals surface area contributed by atoms with Crippen molar-refractivity contribution in [2.75, 3.05) is 18.5 Å². The Hall–Kier alpha value is -2.43. The number of pyridine rings is 1. The maximum Gasteiger partial charge on any atom is 0.326 e. The van der Waals surface area contributed by atoms with Crippen LogP contribution in [0.25, 0.3) is 11.1 Å². The number of anilines is 1. The van der Waals surface area contributed by atoms with Crippen molar-refractivity contribution in [2.45, 2.75) is 18.4 Å². The fraction of sp³-hybridized carbons (Fsp3) is 0.294. The third-order valence-electron chi connectivity index (χ3n) is 4.71. The van der Waals surface area contributed by atoms with Gasteiger partial charge in [0.1, 0.15) is 11.6 Å². The summed E-state index contributed by atoms with van der Waals surface area (Å²) in [6.45, 7) is 0.714. The Bertz CT molecular complexity index is 723. The van der Waals surface area contributed by atoms with Crippen LogP contribution >= 0.6 is 0 Å². The highest BCUT2D eigenvalue weighted by Gasteiger charge is 2.56. The van der Waals surface area contributed by atoms with Crippen LogP contribution in [0.4, 0.5) is 15.0 Å². The second-order valence-electron chi connectivity index (χ2n) is 6.06. The molecule has 5 heteroatoms. The van der Waals surface area contributed by atoms with Crippen molar-refractivity contribution in [1.29, 1.82) is 0 Å². The first kappa shape index (κ1) is 13.2. The summed E-state index contributed by atoms with van der Waals surface area (Å²) in [6.07, 6.45) is 3.87. The second-order valence-corrected chi connectivity index (χ2v) is 6.06. The topological polar surface area (TPSA) is 36.4 Å². The zero-order chi connectivity index (χ0) is 15.3. The molecule has 1 saturated heterocycles. The number of hydrogen-bond donors (Lipinski definition) is 0. The van der Waals surface area contributed by atoms with Gasteiger partial charge < -0.3 is 4.90 Å². The Labute approximate surface area is 128 Å². The van der Waals surface area contributed by atoms with Crippen LogP contribution in [0.2, 0.25) is 0 Å². The Kier molecular flexibility index (Phi) is 2.73. The lowest BCUT2D eigenvalue weighted by molar-refractivity contribution is 0.215. The van der Waals surface area contributed by atoms with E-state index >= 15 is 0 Å². The highest BCUT2D eigenvalue weighted by Crippen LogP contribution is 2.46. The van der Waals surface area contributed by atoms with Crippen molar-refractivity contribution in [3.63, 3.8) is 0 Å². The number of carbonyl (C=O) groups excluding carboxylic acids is 1. The minimum Gasteiger partial charge on any atom is -0.320 e. The molecule has 1 aliphatic heterocycles. The molecule has 1 aliphatic carbocycles. The van der Waals surface area contributed by atoms with Gasteiger partial charge in [-0.2, -0.15) is 0 Å². The molecule has 4 rings (SSSR count). The van der Waals surface area contributed by atoms with Crippen molar-refractivity contribution in [1.82, 2.24) is 9.88 Å². The first-order valence-corrected chi connectivity index (χ1v) is 7.36. The van der Waals surface area contributed by atoms with Gasteiger partial charge >= 0.3 is 6.03 Å². The Morgan fingerprint density at radius 3 is 2.32 bits per heavy atom. The van der Waals surface area contributed by atoms with Gasteiger partial charge in [-0.15, -0.1) is 0 Å². The van der Waals surface area contributed by atoms with Crippen LogP contribution in [0, 0.1) is 5.82 Å². The molecule has 1 saturated carbocycles. The van der Waals surface area contributed by atoms with E-state index in [0.29, 0.717) is 12.4 Å². The maximum atomic E-state index is 13.0. The molecule has 2 fully saturated rings. The van der Waals surface area contributed by atoms with Crippen molar-refractivity contribution in [2.24, 2.45) is 0 Å². The highest BCUT2D eigenvalue weighted by molar-refractivity contribution is 5.95. The second kappa shape index (κ2) is 4.53. The molecule has 2 amide bonds. The molecule has 112 valence electrons. The predicted molar refractivity (Wildman–Crippen MR) is 82.1 cm³/mol. The van der Waals surface area contributed by atoms with E-state index in [1.807, 2.05) is 24.1 Å². The number of benzene rings is 1. The zero-order valence-corrected chi connectivity index (χ0v) is 12.3. The molecule has 0 radical (unpaired) electrons. The van der Waals surface area contributed by atoms with Crippen LogP contribution in [-0.2, 0) is 0 Å². The van der Waals surface area contributed by atoms with Gasteiger partial charge in [-0.25, -0.2) is 14.2 Å². The number of halogens is 1. The number of likely N-dealkylation sites (N-methyl/N-ethyl adjacent to an activating group) is 1. The molecule has 0 N–H and O–H groups in total. The van der Waals surface area contributed by atoms with Gasteiger partial charge in [-0.05, 0) is 42.7 Å². The monoisotopic (exact) mass is 297 g/mol. The number of urea groups is 1. The quantitative estimate of drug-likeness (QED) is 0.853. The molecule has 22 heavy (non-hydrogen) atoms. The van der Waals surface area contributed by atoms with E-state index in [2.05, 4.69) is 4.98 Å². The highest BCUT2D eigenvalue weighted by atomic mass is 19.1. The first-order valence-electron chi connectivity index (χ1n) is 7.36. The van der Waals surface area contributed by atoms with Crippen LogP contribution in [0.15, 0.2) is 42.6 Å². The maximum absolute atomic E-state index is 13.0. The van der Waals surface area contributed by atoms with E-state index in [1.165, 1.54) is 12.1 Å². The molecular weight excluding hydrogens is 281 g/mol. The van der Waals surface area contributed by atoms with Crippen LogP contribution in [0.3, 0.4) is 0 Å². The number of carbonyl (C=O) groups is 1. The Morgan fingerprint density at radius 2 is 1.77 bits per heavy atom. The summed E-state index contributed by atoms with van der Waals surface area (Å²) in [5, 5.41) is 0.